The van der Waals surface area contributed by atoms with Gasteiger partial charge in [-0.3, -0.25) is 0 Å². The summed E-state index contributed by atoms with van der Waals surface area (Å²) in [6.07, 6.45) is 7.52. The molecule has 0 amide bonds. The zero-order valence-corrected chi connectivity index (χ0v) is 8.86. The van der Waals surface area contributed by atoms with Gasteiger partial charge in [0.2, 0.25) is 0 Å². The molecule has 0 bridgehead atoms. The minimum atomic E-state index is -0.300. The van der Waals surface area contributed by atoms with Crippen LogP contribution in [0.3, 0.4) is 0 Å². The highest BCUT2D eigenvalue weighted by Crippen LogP contribution is 2.10. The normalized spacial score (nSPS) is 14.7. The van der Waals surface area contributed by atoms with Gasteiger partial charge in [-0.05, 0) is 38.5 Å². The summed E-state index contributed by atoms with van der Waals surface area (Å²) < 4.78 is 0. The molecule has 0 aromatic carbocycles. The topological polar surface area (TPSA) is 40.5 Å². The maximum absolute atomic E-state index is 9.48. The number of hydrogen-bond acceptors (Lipinski definition) is 2. The SMILES string of the molecule is C=CCCC(O)CCC(O)CCC=C. The lowest BCUT2D eigenvalue weighted by atomic mass is 10.0. The second kappa shape index (κ2) is 8.97. The van der Waals surface area contributed by atoms with Crippen molar-refractivity contribution in [1.29, 1.82) is 0 Å². The second-order valence-corrected chi connectivity index (χ2v) is 3.62. The number of aliphatic hydroxyl groups is 2. The van der Waals surface area contributed by atoms with E-state index in [1.165, 1.54) is 0 Å². The van der Waals surface area contributed by atoms with Crippen molar-refractivity contribution in [3.63, 3.8) is 0 Å². The smallest absolute Gasteiger partial charge is 0.0544 e. The molecular weight excluding hydrogens is 176 g/mol. The van der Waals surface area contributed by atoms with Crippen molar-refractivity contribution in [2.75, 3.05) is 0 Å². The Morgan fingerprint density at radius 1 is 0.786 bits per heavy atom. The van der Waals surface area contributed by atoms with Crippen molar-refractivity contribution in [2.24, 2.45) is 0 Å². The molecule has 82 valence electrons. The first-order valence-corrected chi connectivity index (χ1v) is 5.28. The lowest BCUT2D eigenvalue weighted by Gasteiger charge is -2.12. The van der Waals surface area contributed by atoms with Crippen molar-refractivity contribution in [1.82, 2.24) is 0 Å². The molecule has 2 N–H and O–H groups in total. The van der Waals surface area contributed by atoms with Crippen LogP contribution >= 0.6 is 0 Å². The van der Waals surface area contributed by atoms with Crippen LogP contribution in [0.4, 0.5) is 0 Å². The van der Waals surface area contributed by atoms with Gasteiger partial charge in [-0.25, -0.2) is 0 Å². The van der Waals surface area contributed by atoms with Crippen LogP contribution in [0.15, 0.2) is 25.3 Å². The minimum absolute atomic E-state index is 0.300. The van der Waals surface area contributed by atoms with E-state index in [4.69, 9.17) is 0 Å². The molecule has 2 unspecified atom stereocenters. The van der Waals surface area contributed by atoms with Gasteiger partial charge < -0.3 is 10.2 Å². The Labute approximate surface area is 87.0 Å². The van der Waals surface area contributed by atoms with Crippen LogP contribution in [-0.4, -0.2) is 22.4 Å². The van der Waals surface area contributed by atoms with Crippen LogP contribution in [0, 0.1) is 0 Å². The Kier molecular flexibility index (Phi) is 8.59. The summed E-state index contributed by atoms with van der Waals surface area (Å²) in [6.45, 7) is 7.19. The van der Waals surface area contributed by atoms with Gasteiger partial charge in [0, 0.05) is 0 Å². The molecule has 0 aliphatic carbocycles. The molecular formula is C12H22O2. The minimum Gasteiger partial charge on any atom is -0.393 e. The van der Waals surface area contributed by atoms with Crippen LogP contribution in [0.25, 0.3) is 0 Å². The Morgan fingerprint density at radius 2 is 1.14 bits per heavy atom. The summed E-state index contributed by atoms with van der Waals surface area (Å²) in [5.41, 5.74) is 0. The molecule has 0 fully saturated rings. The third kappa shape index (κ3) is 8.02. The van der Waals surface area contributed by atoms with Crippen molar-refractivity contribution >= 4 is 0 Å². The predicted octanol–water partition coefficient (Wildman–Crippen LogP) is 2.42. The Morgan fingerprint density at radius 3 is 1.43 bits per heavy atom. The first-order chi connectivity index (χ1) is 6.70. The molecule has 2 atom stereocenters. The van der Waals surface area contributed by atoms with Gasteiger partial charge >= 0.3 is 0 Å². The van der Waals surface area contributed by atoms with Gasteiger partial charge in [0.15, 0.2) is 0 Å². The number of hydrogen-bond donors (Lipinski definition) is 2. The van der Waals surface area contributed by atoms with Crippen molar-refractivity contribution < 1.29 is 10.2 Å². The van der Waals surface area contributed by atoms with E-state index in [2.05, 4.69) is 13.2 Å². The van der Waals surface area contributed by atoms with Crippen LogP contribution < -0.4 is 0 Å². The van der Waals surface area contributed by atoms with Crippen molar-refractivity contribution in [3.05, 3.63) is 25.3 Å². The van der Waals surface area contributed by atoms with Crippen LogP contribution in [0.1, 0.15) is 38.5 Å². The molecule has 0 rings (SSSR count). The Balaban J connectivity index is 3.39. The highest BCUT2D eigenvalue weighted by atomic mass is 16.3. The fourth-order valence-corrected chi connectivity index (χ4v) is 1.29. The van der Waals surface area contributed by atoms with E-state index in [0.29, 0.717) is 12.8 Å². The van der Waals surface area contributed by atoms with Gasteiger partial charge in [-0.2, -0.15) is 0 Å². The molecule has 0 spiro atoms. The maximum Gasteiger partial charge on any atom is 0.0544 e. The number of allylic oxidation sites excluding steroid dienone is 2. The zero-order valence-electron chi connectivity index (χ0n) is 8.86. The summed E-state index contributed by atoms with van der Waals surface area (Å²) in [5, 5.41) is 19.0. The number of aliphatic hydroxyl groups excluding tert-OH is 2. The highest BCUT2D eigenvalue weighted by Gasteiger charge is 2.07. The molecule has 0 aliphatic heterocycles. The third-order valence-electron chi connectivity index (χ3n) is 2.24. The standard InChI is InChI=1S/C12H22O2/c1-3-5-7-11(13)9-10-12(14)8-6-4-2/h3-4,11-14H,1-2,5-10H2. The molecule has 0 aromatic heterocycles. The third-order valence-corrected chi connectivity index (χ3v) is 2.24. The molecule has 2 nitrogen and oxygen atoms in total. The van der Waals surface area contributed by atoms with E-state index in [-0.39, 0.29) is 12.2 Å². The average Bonchev–Trinajstić information content (AvgIpc) is 2.20. The van der Waals surface area contributed by atoms with Gasteiger partial charge in [0.05, 0.1) is 12.2 Å². The molecule has 14 heavy (non-hydrogen) atoms. The quantitative estimate of drug-likeness (QED) is 0.559. The van der Waals surface area contributed by atoms with Gasteiger partial charge in [-0.1, -0.05) is 12.2 Å². The molecule has 0 saturated carbocycles. The first-order valence-electron chi connectivity index (χ1n) is 5.28. The molecule has 0 aliphatic rings. The summed E-state index contributed by atoms with van der Waals surface area (Å²) in [5.74, 6) is 0. The maximum atomic E-state index is 9.48. The summed E-state index contributed by atoms with van der Waals surface area (Å²) in [6, 6.07) is 0. The molecule has 0 radical (unpaired) electrons. The van der Waals surface area contributed by atoms with Crippen molar-refractivity contribution in [3.8, 4) is 0 Å². The molecule has 0 heterocycles. The zero-order chi connectivity index (χ0) is 10.8. The predicted molar refractivity (Wildman–Crippen MR) is 60.1 cm³/mol. The Bertz CT molecular complexity index is 136. The van der Waals surface area contributed by atoms with Crippen LogP contribution in [0.5, 0.6) is 0 Å². The van der Waals surface area contributed by atoms with E-state index in [0.717, 1.165) is 25.7 Å². The largest absolute Gasteiger partial charge is 0.393 e. The highest BCUT2D eigenvalue weighted by molar-refractivity contribution is 4.72. The molecule has 2 heteroatoms. The second-order valence-electron chi connectivity index (χ2n) is 3.62. The summed E-state index contributed by atoms with van der Waals surface area (Å²) in [7, 11) is 0. The lowest BCUT2D eigenvalue weighted by molar-refractivity contribution is 0.105. The monoisotopic (exact) mass is 198 g/mol. The van der Waals surface area contributed by atoms with E-state index in [1.807, 2.05) is 0 Å². The first kappa shape index (κ1) is 13.4. The Hall–Kier alpha value is -0.600. The van der Waals surface area contributed by atoms with Gasteiger partial charge in [-0.15, -0.1) is 13.2 Å². The van der Waals surface area contributed by atoms with Crippen molar-refractivity contribution in [2.45, 2.75) is 50.7 Å². The average molecular weight is 198 g/mol. The summed E-state index contributed by atoms with van der Waals surface area (Å²) in [4.78, 5) is 0. The van der Waals surface area contributed by atoms with E-state index < -0.39 is 0 Å². The van der Waals surface area contributed by atoms with Crippen LogP contribution in [0.2, 0.25) is 0 Å². The van der Waals surface area contributed by atoms with E-state index in [9.17, 15) is 10.2 Å². The van der Waals surface area contributed by atoms with Gasteiger partial charge in [0.1, 0.15) is 0 Å². The molecule has 0 aromatic rings. The number of rotatable bonds is 9. The van der Waals surface area contributed by atoms with Gasteiger partial charge in [0.25, 0.3) is 0 Å². The fraction of sp³-hybridized carbons (Fsp3) is 0.667. The summed E-state index contributed by atoms with van der Waals surface area (Å²) >= 11 is 0. The fourth-order valence-electron chi connectivity index (χ4n) is 1.29. The van der Waals surface area contributed by atoms with E-state index >= 15 is 0 Å². The lowest BCUT2D eigenvalue weighted by Crippen LogP contribution is -2.12. The van der Waals surface area contributed by atoms with Crippen LogP contribution in [-0.2, 0) is 0 Å². The molecule has 0 saturated heterocycles. The van der Waals surface area contributed by atoms with E-state index in [1.54, 1.807) is 12.2 Å².